The Balaban J connectivity index is 1.94. The van der Waals surface area contributed by atoms with Crippen molar-refractivity contribution in [1.82, 2.24) is 4.90 Å². The molecule has 2 atom stereocenters. The molecule has 2 heterocycles. The Morgan fingerprint density at radius 1 is 1.32 bits per heavy atom. The van der Waals surface area contributed by atoms with Crippen LogP contribution in [0.4, 0.5) is 5.69 Å². The summed E-state index contributed by atoms with van der Waals surface area (Å²) in [6, 6.07) is 5.71. The van der Waals surface area contributed by atoms with Crippen LogP contribution in [0.15, 0.2) is 23.2 Å². The first-order chi connectivity index (χ1) is 11.7. The third kappa shape index (κ3) is 3.69. The molecule has 25 heavy (non-hydrogen) atoms. The average Bonchev–Trinajstić information content (AvgIpc) is 2.98. The minimum atomic E-state index is -3.07. The molecule has 0 radical (unpaired) electrons. The van der Waals surface area contributed by atoms with Gasteiger partial charge >= 0.3 is 0 Å². The van der Waals surface area contributed by atoms with E-state index in [0.717, 1.165) is 22.0 Å². The van der Waals surface area contributed by atoms with Gasteiger partial charge in [-0.1, -0.05) is 23.9 Å². The van der Waals surface area contributed by atoms with Gasteiger partial charge in [0.05, 0.1) is 29.3 Å². The van der Waals surface area contributed by atoms with Crippen LogP contribution in [-0.4, -0.2) is 67.8 Å². The first-order valence-electron chi connectivity index (χ1n) is 8.15. The van der Waals surface area contributed by atoms with Crippen molar-refractivity contribution in [3.05, 3.63) is 29.3 Å². The summed E-state index contributed by atoms with van der Waals surface area (Å²) in [7, 11) is 0.380. The van der Waals surface area contributed by atoms with Crippen LogP contribution in [0, 0.1) is 13.8 Å². The predicted octanol–water partition coefficient (Wildman–Crippen LogP) is 1.47. The number of hydrogen-bond acceptors (Lipinski definition) is 6. The maximum absolute atomic E-state index is 12.1. The Hall–Kier alpha value is -1.54. The van der Waals surface area contributed by atoms with E-state index >= 15 is 0 Å². The van der Waals surface area contributed by atoms with Crippen molar-refractivity contribution in [2.24, 2.45) is 4.99 Å². The second-order valence-electron chi connectivity index (χ2n) is 6.86. The molecule has 6 nitrogen and oxygen atoms in total. The molecule has 0 aliphatic carbocycles. The van der Waals surface area contributed by atoms with Gasteiger partial charge in [0.25, 0.3) is 0 Å². The van der Waals surface area contributed by atoms with Crippen LogP contribution in [0.2, 0.25) is 0 Å². The average molecular weight is 382 g/mol. The molecule has 8 heteroatoms. The maximum atomic E-state index is 12.1. The Labute approximate surface area is 153 Å². The van der Waals surface area contributed by atoms with E-state index in [1.54, 1.807) is 19.0 Å². The second kappa shape index (κ2) is 6.64. The molecular weight excluding hydrogens is 358 g/mol. The topological polar surface area (TPSA) is 70.1 Å². The van der Waals surface area contributed by atoms with E-state index in [-0.39, 0.29) is 29.5 Å². The van der Waals surface area contributed by atoms with Gasteiger partial charge in [0.15, 0.2) is 15.0 Å². The summed E-state index contributed by atoms with van der Waals surface area (Å²) in [6.07, 6.45) is 0. The van der Waals surface area contributed by atoms with E-state index in [1.807, 2.05) is 30.9 Å². The van der Waals surface area contributed by atoms with Crippen LogP contribution < -0.4 is 4.90 Å². The molecule has 2 aliphatic rings. The van der Waals surface area contributed by atoms with Gasteiger partial charge in [0.1, 0.15) is 0 Å². The number of benzene rings is 1. The van der Waals surface area contributed by atoms with Crippen molar-refractivity contribution in [2.45, 2.75) is 25.9 Å². The molecule has 2 unspecified atom stereocenters. The molecule has 3 rings (SSSR count). The Kier molecular flexibility index (Phi) is 4.85. The van der Waals surface area contributed by atoms with Crippen molar-refractivity contribution < 1.29 is 13.2 Å². The highest BCUT2D eigenvalue weighted by atomic mass is 32.2. The van der Waals surface area contributed by atoms with Gasteiger partial charge in [0.2, 0.25) is 5.91 Å². The molecule has 0 aromatic heterocycles. The quantitative estimate of drug-likeness (QED) is 0.793. The summed E-state index contributed by atoms with van der Waals surface area (Å²) in [5.74, 6) is 0.503. The largest absolute Gasteiger partial charge is 0.348 e. The number of carbonyl (C=O) groups is 1. The normalized spacial score (nSPS) is 24.2. The first kappa shape index (κ1) is 18.3. The number of hydrogen-bond donors (Lipinski definition) is 0. The van der Waals surface area contributed by atoms with Gasteiger partial charge in [-0.15, -0.1) is 0 Å². The minimum absolute atomic E-state index is 0.0123. The number of aliphatic imine (C=N–C) groups is 1. The van der Waals surface area contributed by atoms with E-state index in [9.17, 15) is 13.2 Å². The summed E-state index contributed by atoms with van der Waals surface area (Å²) >= 11 is 1.38. The van der Waals surface area contributed by atoms with Crippen molar-refractivity contribution in [2.75, 3.05) is 36.3 Å². The fraction of sp³-hybridized carbons (Fsp3) is 0.529. The number of amides is 1. The molecule has 0 N–H and O–H groups in total. The van der Waals surface area contributed by atoms with E-state index in [2.05, 4.69) is 11.1 Å². The van der Waals surface area contributed by atoms with Crippen LogP contribution in [0.3, 0.4) is 0 Å². The highest BCUT2D eigenvalue weighted by Crippen LogP contribution is 2.36. The lowest BCUT2D eigenvalue weighted by Crippen LogP contribution is -2.40. The summed E-state index contributed by atoms with van der Waals surface area (Å²) < 4.78 is 24.1. The van der Waals surface area contributed by atoms with Gasteiger partial charge in [0, 0.05) is 19.8 Å². The highest BCUT2D eigenvalue weighted by molar-refractivity contribution is 8.14. The molecule has 0 bridgehead atoms. The number of aryl methyl sites for hydroxylation is 2. The molecule has 1 saturated heterocycles. The molecular formula is C17H23N3O3S2. The second-order valence-corrected chi connectivity index (χ2v) is 9.96. The van der Waals surface area contributed by atoms with Gasteiger partial charge in [-0.3, -0.25) is 9.79 Å². The smallest absolute Gasteiger partial charge is 0.232 e. The lowest BCUT2D eigenvalue weighted by atomic mass is 10.1. The molecule has 2 aliphatic heterocycles. The maximum Gasteiger partial charge on any atom is 0.232 e. The molecule has 1 fully saturated rings. The van der Waals surface area contributed by atoms with E-state index in [0.29, 0.717) is 5.75 Å². The summed E-state index contributed by atoms with van der Waals surface area (Å²) in [6.45, 7) is 4.03. The van der Waals surface area contributed by atoms with E-state index in [4.69, 9.17) is 0 Å². The van der Waals surface area contributed by atoms with Crippen molar-refractivity contribution in [3.8, 4) is 0 Å². The Bertz CT molecular complexity index is 834. The lowest BCUT2D eigenvalue weighted by molar-refractivity contribution is -0.125. The third-order valence-electron chi connectivity index (χ3n) is 4.56. The summed E-state index contributed by atoms with van der Waals surface area (Å²) in [5.41, 5.74) is 3.16. The lowest BCUT2D eigenvalue weighted by Gasteiger charge is -2.28. The SMILES string of the molecule is Cc1ccc(C)c(N2C(SCC(=O)N(C)C)=NC3CS(=O)(=O)CC32)c1. The van der Waals surface area contributed by atoms with Crippen LogP contribution in [-0.2, 0) is 14.6 Å². The zero-order valence-electron chi connectivity index (χ0n) is 14.9. The zero-order valence-corrected chi connectivity index (χ0v) is 16.5. The number of rotatable bonds is 3. The highest BCUT2D eigenvalue weighted by Gasteiger charge is 2.47. The van der Waals surface area contributed by atoms with Crippen molar-refractivity contribution in [3.63, 3.8) is 0 Å². The monoisotopic (exact) mass is 381 g/mol. The molecule has 0 saturated carbocycles. The summed E-state index contributed by atoms with van der Waals surface area (Å²) in [5, 5.41) is 0.744. The standard InChI is InChI=1S/C17H23N3O3S2/c1-11-5-6-12(2)14(7-11)20-15-10-25(22,23)9-13(15)18-17(20)24-8-16(21)19(3)4/h5-7,13,15H,8-10H2,1-4H3. The first-order valence-corrected chi connectivity index (χ1v) is 11.0. The van der Waals surface area contributed by atoms with Crippen LogP contribution in [0.5, 0.6) is 0 Å². The van der Waals surface area contributed by atoms with E-state index < -0.39 is 9.84 Å². The van der Waals surface area contributed by atoms with Crippen LogP contribution in [0.25, 0.3) is 0 Å². The van der Waals surface area contributed by atoms with Gasteiger partial charge < -0.3 is 9.80 Å². The molecule has 136 valence electrons. The fourth-order valence-corrected chi connectivity index (χ4v) is 6.09. The van der Waals surface area contributed by atoms with Crippen molar-refractivity contribution >= 4 is 38.4 Å². The molecule has 0 spiro atoms. The molecule has 1 aromatic rings. The predicted molar refractivity (Wildman–Crippen MR) is 103 cm³/mol. The number of amidine groups is 1. The summed E-state index contributed by atoms with van der Waals surface area (Å²) in [4.78, 5) is 20.2. The number of fused-ring (bicyclic) bond motifs is 1. The minimum Gasteiger partial charge on any atom is -0.348 e. The number of nitrogens with zero attached hydrogens (tertiary/aromatic N) is 3. The van der Waals surface area contributed by atoms with Gasteiger partial charge in [-0.25, -0.2) is 8.42 Å². The Morgan fingerprint density at radius 2 is 2.04 bits per heavy atom. The number of anilines is 1. The van der Waals surface area contributed by atoms with Crippen LogP contribution in [0.1, 0.15) is 11.1 Å². The number of carbonyl (C=O) groups excluding carboxylic acids is 1. The molecule has 1 amide bonds. The molecule has 1 aromatic carbocycles. The number of sulfone groups is 1. The van der Waals surface area contributed by atoms with Crippen LogP contribution >= 0.6 is 11.8 Å². The Morgan fingerprint density at radius 3 is 2.72 bits per heavy atom. The number of thioether (sulfide) groups is 1. The van der Waals surface area contributed by atoms with E-state index in [1.165, 1.54) is 11.8 Å². The third-order valence-corrected chi connectivity index (χ3v) is 7.21. The van der Waals surface area contributed by atoms with Gasteiger partial charge in [-0.05, 0) is 31.0 Å². The zero-order chi connectivity index (χ0) is 18.4. The fourth-order valence-electron chi connectivity index (χ4n) is 3.15. The van der Waals surface area contributed by atoms with Gasteiger partial charge in [-0.2, -0.15) is 0 Å². The van der Waals surface area contributed by atoms with Crippen molar-refractivity contribution in [1.29, 1.82) is 0 Å².